The Kier molecular flexibility index (Phi) is 4.71. The molecule has 1 fully saturated rings. The Hall–Kier alpha value is -2.63. The monoisotopic (exact) mass is 313 g/mol. The number of aromatic nitrogens is 2. The van der Waals surface area contributed by atoms with E-state index in [1.165, 1.54) is 0 Å². The molecule has 2 aromatic rings. The van der Waals surface area contributed by atoms with E-state index in [9.17, 15) is 4.79 Å². The van der Waals surface area contributed by atoms with Crippen molar-refractivity contribution in [3.8, 4) is 11.6 Å². The molecule has 1 aliphatic rings. The zero-order chi connectivity index (χ0) is 16.1. The first-order chi connectivity index (χ1) is 11.2. The van der Waals surface area contributed by atoms with E-state index in [0.29, 0.717) is 24.7 Å². The highest BCUT2D eigenvalue weighted by molar-refractivity contribution is 5.78. The summed E-state index contributed by atoms with van der Waals surface area (Å²) in [5, 5.41) is 7.67. The highest BCUT2D eigenvalue weighted by Crippen LogP contribution is 2.16. The lowest BCUT2D eigenvalue weighted by Crippen LogP contribution is -2.34. The number of hydrogen-bond donors (Lipinski definition) is 0. The maximum Gasteiger partial charge on any atom is 0.260 e. The molecule has 0 N–H and O–H groups in total. The van der Waals surface area contributed by atoms with Crippen LogP contribution in [-0.4, -0.2) is 46.8 Å². The Labute approximate surface area is 135 Å². The fraction of sp³-hybridized carbons (Fsp3) is 0.353. The van der Waals surface area contributed by atoms with Gasteiger partial charge in [0, 0.05) is 25.2 Å². The second-order valence-corrected chi connectivity index (χ2v) is 5.53. The predicted octanol–water partition coefficient (Wildman–Crippen LogP) is 1.84. The first-order valence-corrected chi connectivity index (χ1v) is 7.62. The van der Waals surface area contributed by atoms with Gasteiger partial charge in [-0.15, -0.1) is 5.10 Å². The van der Waals surface area contributed by atoms with E-state index in [2.05, 4.69) is 10.2 Å². The van der Waals surface area contributed by atoms with E-state index in [1.54, 1.807) is 23.2 Å². The summed E-state index contributed by atoms with van der Waals surface area (Å²) in [6.45, 7) is 3.27. The van der Waals surface area contributed by atoms with Gasteiger partial charge in [-0.25, -0.2) is 0 Å². The van der Waals surface area contributed by atoms with Gasteiger partial charge in [0.2, 0.25) is 5.88 Å². The van der Waals surface area contributed by atoms with Crippen molar-refractivity contribution < 1.29 is 14.3 Å². The molecule has 6 heteroatoms. The van der Waals surface area contributed by atoms with Gasteiger partial charge in [0.15, 0.2) is 6.61 Å². The van der Waals surface area contributed by atoms with Crippen molar-refractivity contribution in [2.75, 3.05) is 19.7 Å². The maximum atomic E-state index is 12.2. The molecule has 1 aromatic heterocycles. The van der Waals surface area contributed by atoms with Crippen LogP contribution in [0.3, 0.4) is 0 Å². The van der Waals surface area contributed by atoms with Gasteiger partial charge in [-0.1, -0.05) is 17.7 Å². The van der Waals surface area contributed by atoms with Crippen molar-refractivity contribution in [2.45, 2.75) is 19.4 Å². The molecule has 120 valence electrons. The molecule has 0 radical (unpaired) electrons. The number of likely N-dealkylation sites (tertiary alicyclic amines) is 1. The zero-order valence-corrected chi connectivity index (χ0v) is 13.0. The third kappa shape index (κ3) is 4.18. The molecule has 23 heavy (non-hydrogen) atoms. The summed E-state index contributed by atoms with van der Waals surface area (Å²) in [6, 6.07) is 11.2. The number of benzene rings is 1. The number of ether oxygens (including phenoxy) is 2. The second-order valence-electron chi connectivity index (χ2n) is 5.53. The normalized spacial score (nSPS) is 17.1. The second kappa shape index (κ2) is 7.09. The van der Waals surface area contributed by atoms with E-state index in [4.69, 9.17) is 9.47 Å². The van der Waals surface area contributed by atoms with Crippen LogP contribution in [-0.2, 0) is 4.79 Å². The third-order valence-corrected chi connectivity index (χ3v) is 3.72. The zero-order valence-electron chi connectivity index (χ0n) is 13.0. The molecule has 1 aromatic carbocycles. The van der Waals surface area contributed by atoms with Gasteiger partial charge in [-0.2, -0.15) is 5.10 Å². The van der Waals surface area contributed by atoms with E-state index < -0.39 is 0 Å². The molecule has 0 spiro atoms. The number of carbonyl (C=O) groups excluding carboxylic acids is 1. The van der Waals surface area contributed by atoms with Crippen LogP contribution < -0.4 is 9.47 Å². The summed E-state index contributed by atoms with van der Waals surface area (Å²) in [5.74, 6) is 1.16. The van der Waals surface area contributed by atoms with E-state index >= 15 is 0 Å². The van der Waals surface area contributed by atoms with Gasteiger partial charge >= 0.3 is 0 Å². The van der Waals surface area contributed by atoms with Crippen molar-refractivity contribution in [2.24, 2.45) is 0 Å². The topological polar surface area (TPSA) is 64.5 Å². The molecule has 2 heterocycles. The molecule has 1 atom stereocenters. The van der Waals surface area contributed by atoms with Gasteiger partial charge in [-0.05, 0) is 25.1 Å². The van der Waals surface area contributed by atoms with Crippen molar-refractivity contribution >= 4 is 5.91 Å². The highest BCUT2D eigenvalue weighted by atomic mass is 16.5. The first kappa shape index (κ1) is 15.3. The molecule has 1 saturated heterocycles. The van der Waals surface area contributed by atoms with Crippen LogP contribution in [0.4, 0.5) is 0 Å². The fourth-order valence-electron chi connectivity index (χ4n) is 2.44. The molecule has 1 aliphatic heterocycles. The number of aryl methyl sites for hydroxylation is 1. The summed E-state index contributed by atoms with van der Waals surface area (Å²) in [4.78, 5) is 14.0. The van der Waals surface area contributed by atoms with Crippen LogP contribution >= 0.6 is 0 Å². The average Bonchev–Trinajstić information content (AvgIpc) is 3.03. The van der Waals surface area contributed by atoms with Crippen molar-refractivity contribution in [3.63, 3.8) is 0 Å². The third-order valence-electron chi connectivity index (χ3n) is 3.72. The minimum atomic E-state index is -0.0463. The number of amides is 1. The number of carbonyl (C=O) groups is 1. The maximum absolute atomic E-state index is 12.2. The summed E-state index contributed by atoms with van der Waals surface area (Å²) in [5.41, 5.74) is 1.16. The van der Waals surface area contributed by atoms with Crippen LogP contribution in [0.5, 0.6) is 11.6 Å². The lowest BCUT2D eigenvalue weighted by atomic mass is 10.2. The molecule has 6 nitrogen and oxygen atoms in total. The van der Waals surface area contributed by atoms with Crippen LogP contribution in [0.15, 0.2) is 42.6 Å². The fourth-order valence-corrected chi connectivity index (χ4v) is 2.44. The Bertz CT molecular complexity index is 646. The molecule has 0 saturated carbocycles. The predicted molar refractivity (Wildman–Crippen MR) is 84.3 cm³/mol. The van der Waals surface area contributed by atoms with Gasteiger partial charge in [0.25, 0.3) is 5.91 Å². The van der Waals surface area contributed by atoms with Crippen molar-refractivity contribution in [3.05, 3.63) is 48.2 Å². The van der Waals surface area contributed by atoms with Gasteiger partial charge in [0.05, 0.1) is 6.54 Å². The number of nitrogens with zero attached hydrogens (tertiary/aromatic N) is 3. The number of rotatable bonds is 5. The largest absolute Gasteiger partial charge is 0.484 e. The first-order valence-electron chi connectivity index (χ1n) is 7.62. The minimum absolute atomic E-state index is 0.0316. The molecular weight excluding hydrogens is 294 g/mol. The Morgan fingerprint density at radius 3 is 2.87 bits per heavy atom. The molecule has 1 amide bonds. The molecular formula is C17H19N3O3. The summed E-state index contributed by atoms with van der Waals surface area (Å²) in [6.07, 6.45) is 2.34. The van der Waals surface area contributed by atoms with Crippen LogP contribution in [0.1, 0.15) is 12.0 Å². The standard InChI is InChI=1S/C17H19N3O3/c1-13-4-6-14(7-5-13)22-12-17(21)20-10-8-15(11-20)23-16-3-2-9-18-19-16/h2-7,9,15H,8,10-12H2,1H3/t15-/m0/s1. The highest BCUT2D eigenvalue weighted by Gasteiger charge is 2.28. The Morgan fingerprint density at radius 1 is 1.30 bits per heavy atom. The van der Waals surface area contributed by atoms with E-state index in [1.807, 2.05) is 31.2 Å². The average molecular weight is 313 g/mol. The molecule has 0 unspecified atom stereocenters. The van der Waals surface area contributed by atoms with E-state index in [-0.39, 0.29) is 18.6 Å². The van der Waals surface area contributed by atoms with Crippen LogP contribution in [0.25, 0.3) is 0 Å². The van der Waals surface area contributed by atoms with Gasteiger partial charge in [-0.3, -0.25) is 4.79 Å². The Morgan fingerprint density at radius 2 is 2.13 bits per heavy atom. The lowest BCUT2D eigenvalue weighted by molar-refractivity contribution is -0.132. The summed E-state index contributed by atoms with van der Waals surface area (Å²) >= 11 is 0. The number of hydrogen-bond acceptors (Lipinski definition) is 5. The molecule has 0 aliphatic carbocycles. The molecule has 3 rings (SSSR count). The quantitative estimate of drug-likeness (QED) is 0.843. The van der Waals surface area contributed by atoms with Gasteiger partial charge in [0.1, 0.15) is 11.9 Å². The molecule has 0 bridgehead atoms. The van der Waals surface area contributed by atoms with Crippen LogP contribution in [0.2, 0.25) is 0 Å². The lowest BCUT2D eigenvalue weighted by Gasteiger charge is -2.17. The smallest absolute Gasteiger partial charge is 0.260 e. The SMILES string of the molecule is Cc1ccc(OCC(=O)N2CC[C@H](Oc3cccnn3)C2)cc1. The van der Waals surface area contributed by atoms with Crippen LogP contribution in [0, 0.1) is 6.92 Å². The van der Waals surface area contributed by atoms with Gasteiger partial charge < -0.3 is 14.4 Å². The van der Waals surface area contributed by atoms with Crippen molar-refractivity contribution in [1.29, 1.82) is 0 Å². The Balaban J connectivity index is 1.46. The summed E-state index contributed by atoms with van der Waals surface area (Å²) in [7, 11) is 0. The van der Waals surface area contributed by atoms with Crippen molar-refractivity contribution in [1.82, 2.24) is 15.1 Å². The summed E-state index contributed by atoms with van der Waals surface area (Å²) < 4.78 is 11.3. The van der Waals surface area contributed by atoms with E-state index in [0.717, 1.165) is 12.0 Å². The minimum Gasteiger partial charge on any atom is -0.484 e.